The van der Waals surface area contributed by atoms with Crippen LogP contribution in [0.1, 0.15) is 6.42 Å². The highest BCUT2D eigenvalue weighted by molar-refractivity contribution is 7.89. The first-order valence-corrected chi connectivity index (χ1v) is 7.81. The van der Waals surface area contributed by atoms with Gasteiger partial charge in [-0.15, -0.1) is 0 Å². The molecular formula is C12H14ClNO5S. The molecule has 2 atom stereocenters. The summed E-state index contributed by atoms with van der Waals surface area (Å²) in [7, 11) is -3.74. The summed E-state index contributed by atoms with van der Waals surface area (Å²) < 4.78 is 25.8. The number of piperidine rings is 1. The van der Waals surface area contributed by atoms with Gasteiger partial charge in [0.2, 0.25) is 10.0 Å². The maximum Gasteiger partial charge on any atom is 0.309 e. The molecule has 2 unspecified atom stereocenters. The first-order chi connectivity index (χ1) is 9.32. The molecule has 20 heavy (non-hydrogen) atoms. The Hall–Kier alpha value is -1.15. The SMILES string of the molecule is O=C(O)C1CCN(S(=O)(=O)c2ccc(Cl)cc2)CC1O. The van der Waals surface area contributed by atoms with Crippen LogP contribution in [0.2, 0.25) is 5.02 Å². The minimum absolute atomic E-state index is 0.0684. The first-order valence-electron chi connectivity index (χ1n) is 5.99. The summed E-state index contributed by atoms with van der Waals surface area (Å²) in [6.07, 6.45) is -1.12. The lowest BCUT2D eigenvalue weighted by Crippen LogP contribution is -2.48. The van der Waals surface area contributed by atoms with Crippen LogP contribution in [-0.2, 0) is 14.8 Å². The van der Waals surface area contributed by atoms with Gasteiger partial charge in [0, 0.05) is 18.1 Å². The van der Waals surface area contributed by atoms with Crippen molar-refractivity contribution in [2.24, 2.45) is 5.92 Å². The minimum Gasteiger partial charge on any atom is -0.481 e. The first kappa shape index (κ1) is 15.2. The molecule has 110 valence electrons. The Kier molecular flexibility index (Phi) is 4.33. The fraction of sp³-hybridized carbons (Fsp3) is 0.417. The largest absolute Gasteiger partial charge is 0.481 e. The third kappa shape index (κ3) is 2.95. The summed E-state index contributed by atoms with van der Waals surface area (Å²) in [5, 5.41) is 19.1. The number of sulfonamides is 1. The van der Waals surface area contributed by atoms with Crippen LogP contribution in [0.4, 0.5) is 0 Å². The van der Waals surface area contributed by atoms with E-state index in [-0.39, 0.29) is 24.4 Å². The molecule has 0 aliphatic carbocycles. The number of nitrogens with zero attached hydrogens (tertiary/aromatic N) is 1. The molecule has 1 aliphatic heterocycles. The number of hydrogen-bond acceptors (Lipinski definition) is 4. The highest BCUT2D eigenvalue weighted by Crippen LogP contribution is 2.25. The molecule has 0 aromatic heterocycles. The van der Waals surface area contributed by atoms with E-state index in [0.29, 0.717) is 5.02 Å². The topological polar surface area (TPSA) is 94.9 Å². The Labute approximate surface area is 121 Å². The van der Waals surface area contributed by atoms with Gasteiger partial charge in [-0.1, -0.05) is 11.6 Å². The van der Waals surface area contributed by atoms with Crippen LogP contribution in [0, 0.1) is 5.92 Å². The Bertz CT molecular complexity index is 601. The van der Waals surface area contributed by atoms with Gasteiger partial charge in [0.05, 0.1) is 16.9 Å². The highest BCUT2D eigenvalue weighted by Gasteiger charge is 2.37. The number of carboxylic acids is 1. The Balaban J connectivity index is 2.20. The van der Waals surface area contributed by atoms with Crippen LogP contribution in [0.25, 0.3) is 0 Å². The summed E-state index contributed by atoms with van der Waals surface area (Å²) in [5.41, 5.74) is 0. The van der Waals surface area contributed by atoms with E-state index in [1.807, 2.05) is 0 Å². The van der Waals surface area contributed by atoms with Gasteiger partial charge in [-0.2, -0.15) is 4.31 Å². The molecule has 6 nitrogen and oxygen atoms in total. The monoisotopic (exact) mass is 319 g/mol. The molecule has 0 bridgehead atoms. The molecule has 2 N–H and O–H groups in total. The van der Waals surface area contributed by atoms with E-state index in [4.69, 9.17) is 16.7 Å². The maximum atomic E-state index is 12.3. The van der Waals surface area contributed by atoms with Crippen LogP contribution in [-0.4, -0.2) is 48.1 Å². The zero-order chi connectivity index (χ0) is 14.9. The number of aliphatic hydroxyl groups excluding tert-OH is 1. The molecule has 1 aromatic rings. The molecule has 8 heteroatoms. The third-order valence-electron chi connectivity index (χ3n) is 3.31. The van der Waals surface area contributed by atoms with Gasteiger partial charge >= 0.3 is 5.97 Å². The maximum absolute atomic E-state index is 12.3. The van der Waals surface area contributed by atoms with Gasteiger partial charge in [0.25, 0.3) is 0 Å². The number of aliphatic hydroxyl groups is 1. The average molecular weight is 320 g/mol. The molecular weight excluding hydrogens is 306 g/mol. The van der Waals surface area contributed by atoms with E-state index in [0.717, 1.165) is 4.31 Å². The van der Waals surface area contributed by atoms with Crippen LogP contribution in [0.5, 0.6) is 0 Å². The molecule has 1 aromatic carbocycles. The number of carboxylic acid groups (broad SMARTS) is 1. The van der Waals surface area contributed by atoms with Crippen molar-refractivity contribution in [2.75, 3.05) is 13.1 Å². The summed E-state index contributed by atoms with van der Waals surface area (Å²) in [5.74, 6) is -2.03. The van der Waals surface area contributed by atoms with Crippen molar-refractivity contribution in [3.63, 3.8) is 0 Å². The van der Waals surface area contributed by atoms with Gasteiger partial charge in [-0.3, -0.25) is 4.79 Å². The van der Waals surface area contributed by atoms with E-state index >= 15 is 0 Å². The molecule has 0 saturated carbocycles. The molecule has 1 saturated heterocycles. The van der Waals surface area contributed by atoms with E-state index in [1.54, 1.807) is 0 Å². The Morgan fingerprint density at radius 2 is 1.90 bits per heavy atom. The van der Waals surface area contributed by atoms with Crippen molar-refractivity contribution in [1.82, 2.24) is 4.31 Å². The van der Waals surface area contributed by atoms with E-state index in [9.17, 15) is 18.3 Å². The van der Waals surface area contributed by atoms with Gasteiger partial charge in [0.1, 0.15) is 0 Å². The van der Waals surface area contributed by atoms with Crippen molar-refractivity contribution in [1.29, 1.82) is 0 Å². The number of carbonyl (C=O) groups is 1. The second kappa shape index (κ2) is 5.69. The predicted octanol–water partition coefficient (Wildman–Crippen LogP) is 0.796. The standard InChI is InChI=1S/C12H14ClNO5S/c13-8-1-3-9(4-2-8)20(18,19)14-6-5-10(12(16)17)11(15)7-14/h1-4,10-11,15H,5-7H2,(H,16,17). The smallest absolute Gasteiger partial charge is 0.309 e. The zero-order valence-corrected chi connectivity index (χ0v) is 12.0. The molecule has 1 heterocycles. The van der Waals surface area contributed by atoms with Crippen molar-refractivity contribution >= 4 is 27.6 Å². The summed E-state index contributed by atoms with van der Waals surface area (Å²) in [4.78, 5) is 11.0. The van der Waals surface area contributed by atoms with Crippen molar-refractivity contribution < 1.29 is 23.4 Å². The van der Waals surface area contributed by atoms with Crippen LogP contribution < -0.4 is 0 Å². The minimum atomic E-state index is -3.74. The number of benzene rings is 1. The summed E-state index contributed by atoms with van der Waals surface area (Å²) in [6, 6.07) is 5.70. The molecule has 0 spiro atoms. The third-order valence-corrected chi connectivity index (χ3v) is 5.44. The van der Waals surface area contributed by atoms with Gasteiger partial charge in [-0.05, 0) is 30.7 Å². The molecule has 0 amide bonds. The van der Waals surface area contributed by atoms with Crippen LogP contribution in [0.15, 0.2) is 29.2 Å². The lowest BCUT2D eigenvalue weighted by molar-refractivity contribution is -0.147. The lowest BCUT2D eigenvalue weighted by atomic mass is 9.95. The molecule has 0 radical (unpaired) electrons. The van der Waals surface area contributed by atoms with Gasteiger partial charge in [0.15, 0.2) is 0 Å². The fourth-order valence-electron chi connectivity index (χ4n) is 2.16. The predicted molar refractivity (Wildman–Crippen MR) is 72.0 cm³/mol. The van der Waals surface area contributed by atoms with E-state index in [1.165, 1.54) is 24.3 Å². The summed E-state index contributed by atoms with van der Waals surface area (Å²) >= 11 is 5.71. The molecule has 1 fully saturated rings. The van der Waals surface area contributed by atoms with Crippen molar-refractivity contribution in [2.45, 2.75) is 17.4 Å². The van der Waals surface area contributed by atoms with Crippen molar-refractivity contribution in [3.05, 3.63) is 29.3 Å². The van der Waals surface area contributed by atoms with Crippen LogP contribution in [0.3, 0.4) is 0 Å². The highest BCUT2D eigenvalue weighted by atomic mass is 35.5. The van der Waals surface area contributed by atoms with E-state index < -0.39 is 28.0 Å². The second-order valence-corrected chi connectivity index (χ2v) is 6.99. The quantitative estimate of drug-likeness (QED) is 0.859. The zero-order valence-electron chi connectivity index (χ0n) is 10.4. The number of rotatable bonds is 3. The van der Waals surface area contributed by atoms with Gasteiger partial charge < -0.3 is 10.2 Å². The molecule has 1 aliphatic rings. The van der Waals surface area contributed by atoms with Gasteiger partial charge in [-0.25, -0.2) is 8.42 Å². The summed E-state index contributed by atoms with van der Waals surface area (Å²) in [6.45, 7) is -0.152. The number of hydrogen-bond donors (Lipinski definition) is 2. The fourth-order valence-corrected chi connectivity index (χ4v) is 3.76. The number of β-amino-alcohol motifs (C(OH)–C–C–N with tert-alkyl or cyclic N) is 1. The normalized spacial score (nSPS) is 24.5. The molecule has 2 rings (SSSR count). The second-order valence-electron chi connectivity index (χ2n) is 4.62. The van der Waals surface area contributed by atoms with Crippen LogP contribution >= 0.6 is 11.6 Å². The Morgan fingerprint density at radius 1 is 1.30 bits per heavy atom. The van der Waals surface area contributed by atoms with Crippen molar-refractivity contribution in [3.8, 4) is 0 Å². The number of aliphatic carboxylic acids is 1. The Morgan fingerprint density at radius 3 is 2.40 bits per heavy atom. The number of halogens is 1. The lowest BCUT2D eigenvalue weighted by Gasteiger charge is -2.33. The van der Waals surface area contributed by atoms with E-state index in [2.05, 4.69) is 0 Å². The average Bonchev–Trinajstić information content (AvgIpc) is 2.38.